The van der Waals surface area contributed by atoms with Gasteiger partial charge >= 0.3 is 0 Å². The highest BCUT2D eigenvalue weighted by atomic mass is 16.5. The Bertz CT molecular complexity index is 361. The zero-order chi connectivity index (χ0) is 11.1. The van der Waals surface area contributed by atoms with Crippen LogP contribution in [0, 0.1) is 0 Å². The van der Waals surface area contributed by atoms with Crippen molar-refractivity contribution in [1.82, 2.24) is 0 Å². The Kier molecular flexibility index (Phi) is 4.22. The lowest BCUT2D eigenvalue weighted by molar-refractivity contribution is 0.318. The van der Waals surface area contributed by atoms with Gasteiger partial charge in [-0.05, 0) is 12.1 Å². The third kappa shape index (κ3) is 2.74. The first-order valence-electron chi connectivity index (χ1n) is 4.41. The predicted octanol–water partition coefficient (Wildman–Crippen LogP) is 2.07. The number of ether oxygens (including phenoxy) is 2. The van der Waals surface area contributed by atoms with Crippen molar-refractivity contribution in [2.75, 3.05) is 13.7 Å². The Morgan fingerprint density at radius 3 is 2.93 bits per heavy atom. The second-order valence-electron chi connectivity index (χ2n) is 2.72. The second kappa shape index (κ2) is 5.70. The van der Waals surface area contributed by atoms with E-state index in [2.05, 4.69) is 11.7 Å². The highest BCUT2D eigenvalue weighted by Gasteiger charge is 2.08. The monoisotopic (exact) mass is 207 g/mol. The fourth-order valence-electron chi connectivity index (χ4n) is 1.15. The van der Waals surface area contributed by atoms with Crippen molar-refractivity contribution < 1.29 is 14.7 Å². The van der Waals surface area contributed by atoms with Crippen LogP contribution in [0.15, 0.2) is 36.0 Å². The van der Waals surface area contributed by atoms with Crippen LogP contribution < -0.4 is 9.47 Å². The molecule has 0 unspecified atom stereocenters. The lowest BCUT2D eigenvalue weighted by atomic mass is 10.2. The van der Waals surface area contributed by atoms with E-state index in [1.807, 2.05) is 0 Å². The second-order valence-corrected chi connectivity index (χ2v) is 2.72. The Labute approximate surface area is 88.4 Å². The molecule has 1 aromatic carbocycles. The van der Waals surface area contributed by atoms with Gasteiger partial charge in [-0.1, -0.05) is 23.9 Å². The van der Waals surface area contributed by atoms with Crippen LogP contribution in [0.3, 0.4) is 0 Å². The van der Waals surface area contributed by atoms with Crippen molar-refractivity contribution in [2.45, 2.75) is 0 Å². The summed E-state index contributed by atoms with van der Waals surface area (Å²) in [7, 11) is 1.55. The standard InChI is InChI=1S/C11H13NO3/c1-3-7-15-11-9(8-12-13)5-4-6-10(11)14-2/h3-6,8,13H,1,7H2,2H3. The molecule has 15 heavy (non-hydrogen) atoms. The summed E-state index contributed by atoms with van der Waals surface area (Å²) in [6.07, 6.45) is 2.92. The molecule has 0 saturated heterocycles. The summed E-state index contributed by atoms with van der Waals surface area (Å²) >= 11 is 0. The summed E-state index contributed by atoms with van der Waals surface area (Å²) in [4.78, 5) is 0. The summed E-state index contributed by atoms with van der Waals surface area (Å²) in [5, 5.41) is 11.4. The van der Waals surface area contributed by atoms with Crippen LogP contribution in [0.1, 0.15) is 5.56 Å². The predicted molar refractivity (Wildman–Crippen MR) is 58.1 cm³/mol. The first kappa shape index (κ1) is 11.1. The Morgan fingerprint density at radius 2 is 2.33 bits per heavy atom. The fourth-order valence-corrected chi connectivity index (χ4v) is 1.15. The maximum Gasteiger partial charge on any atom is 0.170 e. The third-order valence-corrected chi connectivity index (χ3v) is 1.77. The number of hydrogen-bond donors (Lipinski definition) is 1. The topological polar surface area (TPSA) is 51.0 Å². The van der Waals surface area contributed by atoms with Crippen LogP contribution >= 0.6 is 0 Å². The van der Waals surface area contributed by atoms with Crippen LogP contribution in [0.4, 0.5) is 0 Å². The van der Waals surface area contributed by atoms with Gasteiger partial charge in [0.05, 0.1) is 13.3 Å². The molecule has 0 bridgehead atoms. The molecule has 1 aromatic rings. The number of hydrogen-bond acceptors (Lipinski definition) is 4. The molecular weight excluding hydrogens is 194 g/mol. The quantitative estimate of drug-likeness (QED) is 0.348. The molecular formula is C11H13NO3. The lowest BCUT2D eigenvalue weighted by Gasteiger charge is -2.11. The normalized spacial score (nSPS) is 10.2. The van der Waals surface area contributed by atoms with Crippen molar-refractivity contribution >= 4 is 6.21 Å². The molecule has 1 N–H and O–H groups in total. The minimum atomic E-state index is 0.368. The van der Waals surface area contributed by atoms with E-state index in [0.29, 0.717) is 23.7 Å². The van der Waals surface area contributed by atoms with Gasteiger partial charge in [0.2, 0.25) is 0 Å². The highest BCUT2D eigenvalue weighted by Crippen LogP contribution is 2.29. The molecule has 0 amide bonds. The van der Waals surface area contributed by atoms with Crippen molar-refractivity contribution in [2.24, 2.45) is 5.16 Å². The average molecular weight is 207 g/mol. The number of nitrogens with zero attached hydrogens (tertiary/aromatic N) is 1. The van der Waals surface area contributed by atoms with E-state index in [0.717, 1.165) is 0 Å². The molecule has 0 atom stereocenters. The van der Waals surface area contributed by atoms with Gasteiger partial charge in [0.15, 0.2) is 11.5 Å². The molecule has 0 aliphatic heterocycles. The zero-order valence-electron chi connectivity index (χ0n) is 8.51. The summed E-state index contributed by atoms with van der Waals surface area (Å²) in [6.45, 7) is 3.93. The SMILES string of the molecule is C=CCOc1c(C=NO)cccc1OC. The van der Waals surface area contributed by atoms with E-state index < -0.39 is 0 Å². The minimum absolute atomic E-state index is 0.368. The number of benzene rings is 1. The molecule has 0 saturated carbocycles. The van der Waals surface area contributed by atoms with E-state index in [1.165, 1.54) is 6.21 Å². The van der Waals surface area contributed by atoms with Gasteiger partial charge in [-0.25, -0.2) is 0 Å². The molecule has 80 valence electrons. The molecule has 0 spiro atoms. The van der Waals surface area contributed by atoms with Crippen LogP contribution in [-0.4, -0.2) is 25.1 Å². The number of methoxy groups -OCH3 is 1. The van der Waals surface area contributed by atoms with Crippen LogP contribution in [0.5, 0.6) is 11.5 Å². The molecule has 0 radical (unpaired) electrons. The Morgan fingerprint density at radius 1 is 1.53 bits per heavy atom. The zero-order valence-corrected chi connectivity index (χ0v) is 8.51. The fraction of sp³-hybridized carbons (Fsp3) is 0.182. The summed E-state index contributed by atoms with van der Waals surface area (Å²) in [5.41, 5.74) is 0.652. The summed E-state index contributed by atoms with van der Waals surface area (Å²) in [6, 6.07) is 5.32. The largest absolute Gasteiger partial charge is 0.493 e. The van der Waals surface area contributed by atoms with Crippen molar-refractivity contribution in [1.29, 1.82) is 0 Å². The molecule has 0 aliphatic carbocycles. The van der Waals surface area contributed by atoms with Crippen LogP contribution in [0.2, 0.25) is 0 Å². The van der Waals surface area contributed by atoms with Gasteiger partial charge in [-0.2, -0.15) is 0 Å². The minimum Gasteiger partial charge on any atom is -0.493 e. The third-order valence-electron chi connectivity index (χ3n) is 1.77. The van der Waals surface area contributed by atoms with Gasteiger partial charge in [0.1, 0.15) is 6.61 Å². The molecule has 4 heteroatoms. The lowest BCUT2D eigenvalue weighted by Crippen LogP contribution is -1.99. The molecule has 0 fully saturated rings. The first-order valence-corrected chi connectivity index (χ1v) is 4.41. The van der Waals surface area contributed by atoms with Gasteiger partial charge in [-0.3, -0.25) is 0 Å². The van der Waals surface area contributed by atoms with Gasteiger partial charge in [0, 0.05) is 5.56 Å². The Hall–Kier alpha value is -1.97. The molecule has 1 rings (SSSR count). The van der Waals surface area contributed by atoms with Crippen molar-refractivity contribution in [3.8, 4) is 11.5 Å². The summed E-state index contributed by atoms with van der Waals surface area (Å²) < 4.78 is 10.5. The van der Waals surface area contributed by atoms with Gasteiger partial charge < -0.3 is 14.7 Å². The first-order chi connectivity index (χ1) is 7.33. The summed E-state index contributed by atoms with van der Waals surface area (Å²) in [5.74, 6) is 1.13. The van der Waals surface area contributed by atoms with Gasteiger partial charge in [-0.15, -0.1) is 0 Å². The molecule has 0 aromatic heterocycles. The van der Waals surface area contributed by atoms with E-state index in [1.54, 1.807) is 31.4 Å². The van der Waals surface area contributed by atoms with E-state index >= 15 is 0 Å². The molecule has 0 heterocycles. The smallest absolute Gasteiger partial charge is 0.170 e. The van der Waals surface area contributed by atoms with E-state index in [4.69, 9.17) is 14.7 Å². The maximum atomic E-state index is 8.49. The number of para-hydroxylation sites is 1. The maximum absolute atomic E-state index is 8.49. The van der Waals surface area contributed by atoms with Gasteiger partial charge in [0.25, 0.3) is 0 Å². The van der Waals surface area contributed by atoms with Crippen LogP contribution in [0.25, 0.3) is 0 Å². The Balaban J connectivity index is 3.07. The molecule has 0 aliphatic rings. The number of oxime groups is 1. The van der Waals surface area contributed by atoms with E-state index in [-0.39, 0.29) is 0 Å². The highest BCUT2D eigenvalue weighted by molar-refractivity contribution is 5.84. The average Bonchev–Trinajstić information content (AvgIpc) is 2.27. The van der Waals surface area contributed by atoms with E-state index in [9.17, 15) is 0 Å². The van der Waals surface area contributed by atoms with Crippen molar-refractivity contribution in [3.05, 3.63) is 36.4 Å². The van der Waals surface area contributed by atoms with Crippen LogP contribution in [-0.2, 0) is 0 Å². The number of rotatable bonds is 5. The molecule has 4 nitrogen and oxygen atoms in total. The van der Waals surface area contributed by atoms with Crippen molar-refractivity contribution in [3.63, 3.8) is 0 Å².